The number of ether oxygens (including phenoxy) is 6. The maximum absolute atomic E-state index is 13.3. The van der Waals surface area contributed by atoms with Crippen LogP contribution in [0.2, 0.25) is 0 Å². The molecule has 3 aliphatic heterocycles. The van der Waals surface area contributed by atoms with E-state index in [-0.39, 0.29) is 18.9 Å². The highest BCUT2D eigenvalue weighted by molar-refractivity contribution is 5.76. The van der Waals surface area contributed by atoms with Gasteiger partial charge in [-0.25, -0.2) is 0 Å². The van der Waals surface area contributed by atoms with Crippen LogP contribution in [0, 0.1) is 0 Å². The minimum atomic E-state index is -1.98. The van der Waals surface area contributed by atoms with Crippen LogP contribution in [-0.4, -0.2) is 193 Å². The molecule has 3 aliphatic rings. The van der Waals surface area contributed by atoms with Gasteiger partial charge in [-0.15, -0.1) is 0 Å². The fraction of sp³-hybridized carbons (Fsp3) is 0.859. The molecule has 0 aromatic heterocycles. The van der Waals surface area contributed by atoms with Gasteiger partial charge in [0.15, 0.2) is 18.9 Å². The normalized spacial score (nSPS) is 29.7. The number of unbranched alkanes of at least 4 members (excludes halogenated alkanes) is 26. The van der Waals surface area contributed by atoms with E-state index in [0.29, 0.717) is 6.42 Å². The SMILES string of the molecule is CCCCCCC/C=C\C/C=C\C/C=C\CCCCCCCCCCCCCCCCC(=O)NC(COC1OC(CO)C(OC2OC(CO)C(OC3OC(CO)C(O)C(O)C3O)C(O)C2O)C(O)C1O)C(O)/C=C/CCCCCCCCC. The number of aliphatic hydroxyl groups excluding tert-OH is 11. The molecule has 19 nitrogen and oxygen atoms in total. The van der Waals surface area contributed by atoms with Crippen molar-refractivity contribution in [2.45, 2.75) is 324 Å². The molecular formula is C64H115NO18. The van der Waals surface area contributed by atoms with Crippen molar-refractivity contribution in [2.75, 3.05) is 26.4 Å². The third-order valence-electron chi connectivity index (χ3n) is 16.1. The molecule has 0 bridgehead atoms. The molecule has 19 heteroatoms. The molecular weight excluding hydrogens is 1070 g/mol. The standard InChI is InChI=1S/C64H115NO18/c1-3-5-7-9-11-13-14-15-16-17-18-19-20-21-22-23-24-25-26-27-28-29-30-31-32-34-36-38-40-42-52(70)65-47(48(69)41-39-37-35-33-12-10-8-6-4-2)46-78-62-58(76)55(73)60(50(44-67)80-62)83-64-59(77)56(74)61(51(45-68)81-64)82-63-57(75)54(72)53(71)49(43-66)79-63/h14-15,17-18,20-21,39,41,47-51,53-64,66-69,71-77H,3-13,16,19,22-38,40,42-46H2,1-2H3,(H,65,70)/b15-14-,18-17-,21-20-,41-39+. The summed E-state index contributed by atoms with van der Waals surface area (Å²) in [6.45, 7) is 1.67. The molecule has 3 fully saturated rings. The maximum Gasteiger partial charge on any atom is 0.220 e. The molecule has 0 radical (unpaired) electrons. The topological polar surface area (TPSA) is 307 Å². The minimum Gasteiger partial charge on any atom is -0.394 e. The number of rotatable bonds is 48. The van der Waals surface area contributed by atoms with Crippen LogP contribution in [-0.2, 0) is 33.2 Å². The van der Waals surface area contributed by atoms with Gasteiger partial charge in [0, 0.05) is 6.42 Å². The van der Waals surface area contributed by atoms with Crippen molar-refractivity contribution < 1.29 is 89.4 Å². The average Bonchev–Trinajstić information content (AvgIpc) is 3.25. The van der Waals surface area contributed by atoms with E-state index in [1.54, 1.807) is 6.08 Å². The molecule has 0 aromatic carbocycles. The number of nitrogens with one attached hydrogen (secondary N) is 1. The van der Waals surface area contributed by atoms with Crippen LogP contribution in [0.1, 0.15) is 219 Å². The summed E-state index contributed by atoms with van der Waals surface area (Å²) in [6.07, 6.45) is 26.9. The maximum atomic E-state index is 13.3. The van der Waals surface area contributed by atoms with Crippen molar-refractivity contribution in [3.8, 4) is 0 Å². The Labute approximate surface area is 497 Å². The highest BCUT2D eigenvalue weighted by Crippen LogP contribution is 2.33. The Morgan fingerprint density at radius 3 is 1.24 bits per heavy atom. The molecule has 12 N–H and O–H groups in total. The first kappa shape index (κ1) is 75.0. The van der Waals surface area contributed by atoms with Crippen molar-refractivity contribution in [3.63, 3.8) is 0 Å². The van der Waals surface area contributed by atoms with Crippen molar-refractivity contribution in [1.29, 1.82) is 0 Å². The molecule has 0 aromatic rings. The molecule has 0 aliphatic carbocycles. The predicted molar refractivity (Wildman–Crippen MR) is 319 cm³/mol. The Morgan fingerprint density at radius 2 is 0.795 bits per heavy atom. The van der Waals surface area contributed by atoms with E-state index in [0.717, 1.165) is 57.8 Å². The van der Waals surface area contributed by atoms with E-state index in [2.05, 4.69) is 55.6 Å². The molecule has 17 unspecified atom stereocenters. The van der Waals surface area contributed by atoms with Crippen molar-refractivity contribution in [1.82, 2.24) is 5.32 Å². The Kier molecular flexibility index (Phi) is 42.3. The second kappa shape index (κ2) is 46.8. The Morgan fingerprint density at radius 1 is 0.434 bits per heavy atom. The molecule has 1 amide bonds. The van der Waals surface area contributed by atoms with Gasteiger partial charge in [-0.3, -0.25) is 4.79 Å². The third-order valence-corrected chi connectivity index (χ3v) is 16.1. The zero-order chi connectivity index (χ0) is 60.5. The van der Waals surface area contributed by atoms with E-state index < -0.39 is 124 Å². The lowest BCUT2D eigenvalue weighted by Gasteiger charge is -2.48. The first-order chi connectivity index (χ1) is 40.3. The molecule has 17 atom stereocenters. The van der Waals surface area contributed by atoms with Gasteiger partial charge in [0.05, 0.1) is 38.6 Å². The van der Waals surface area contributed by atoms with Crippen LogP contribution in [0.5, 0.6) is 0 Å². The summed E-state index contributed by atoms with van der Waals surface area (Å²) in [4.78, 5) is 13.3. The number of carbonyl (C=O) groups excluding carboxylic acids is 1. The summed E-state index contributed by atoms with van der Waals surface area (Å²) in [5.41, 5.74) is 0. The van der Waals surface area contributed by atoms with Crippen LogP contribution in [0.15, 0.2) is 48.6 Å². The van der Waals surface area contributed by atoms with Crippen LogP contribution >= 0.6 is 0 Å². The second-order valence-corrected chi connectivity index (χ2v) is 23.2. The molecule has 0 spiro atoms. The van der Waals surface area contributed by atoms with E-state index in [4.69, 9.17) is 28.4 Å². The first-order valence-electron chi connectivity index (χ1n) is 32.4. The predicted octanol–water partition coefficient (Wildman–Crippen LogP) is 7.04. The van der Waals surface area contributed by atoms with Crippen LogP contribution in [0.25, 0.3) is 0 Å². The van der Waals surface area contributed by atoms with Crippen LogP contribution < -0.4 is 5.32 Å². The van der Waals surface area contributed by atoms with Crippen molar-refractivity contribution in [2.24, 2.45) is 0 Å². The molecule has 3 rings (SSSR count). The molecule has 3 heterocycles. The number of hydrogen-bond donors (Lipinski definition) is 12. The fourth-order valence-electron chi connectivity index (χ4n) is 10.8. The Balaban J connectivity index is 1.37. The minimum absolute atomic E-state index is 0.241. The van der Waals surface area contributed by atoms with E-state index >= 15 is 0 Å². The monoisotopic (exact) mass is 1190 g/mol. The van der Waals surface area contributed by atoms with Gasteiger partial charge in [0.25, 0.3) is 0 Å². The lowest BCUT2D eigenvalue weighted by molar-refractivity contribution is -0.379. The quantitative estimate of drug-likeness (QED) is 0.0215. The molecule has 3 saturated heterocycles. The van der Waals surface area contributed by atoms with E-state index in [9.17, 15) is 61.0 Å². The zero-order valence-electron chi connectivity index (χ0n) is 50.7. The highest BCUT2D eigenvalue weighted by atomic mass is 16.8. The zero-order valence-corrected chi connectivity index (χ0v) is 50.7. The fourth-order valence-corrected chi connectivity index (χ4v) is 10.8. The molecule has 83 heavy (non-hydrogen) atoms. The van der Waals surface area contributed by atoms with Gasteiger partial charge in [0.1, 0.15) is 73.2 Å². The van der Waals surface area contributed by atoms with E-state index in [1.165, 1.54) is 135 Å². The summed E-state index contributed by atoms with van der Waals surface area (Å²) in [5, 5.41) is 120. The van der Waals surface area contributed by atoms with Crippen LogP contribution in [0.4, 0.5) is 0 Å². The van der Waals surface area contributed by atoms with Crippen LogP contribution in [0.3, 0.4) is 0 Å². The molecule has 0 saturated carbocycles. The number of carbonyl (C=O) groups is 1. The Bertz CT molecular complexity index is 1700. The first-order valence-corrected chi connectivity index (χ1v) is 32.4. The average molecular weight is 1190 g/mol. The number of aliphatic hydroxyl groups is 11. The summed E-state index contributed by atoms with van der Waals surface area (Å²) < 4.78 is 34.2. The van der Waals surface area contributed by atoms with Gasteiger partial charge < -0.3 is 89.9 Å². The van der Waals surface area contributed by atoms with Gasteiger partial charge in [0.2, 0.25) is 5.91 Å². The molecule has 484 valence electrons. The highest BCUT2D eigenvalue weighted by Gasteiger charge is 2.53. The summed E-state index contributed by atoms with van der Waals surface area (Å²) in [6, 6.07) is -0.972. The van der Waals surface area contributed by atoms with E-state index in [1.807, 2.05) is 6.08 Å². The summed E-state index contributed by atoms with van der Waals surface area (Å²) in [7, 11) is 0. The summed E-state index contributed by atoms with van der Waals surface area (Å²) >= 11 is 0. The lowest BCUT2D eigenvalue weighted by atomic mass is 9.96. The Hall–Kier alpha value is -2.25. The number of allylic oxidation sites excluding steroid dienone is 7. The smallest absolute Gasteiger partial charge is 0.220 e. The van der Waals surface area contributed by atoms with Gasteiger partial charge >= 0.3 is 0 Å². The summed E-state index contributed by atoms with van der Waals surface area (Å²) in [5.74, 6) is -0.280. The number of hydrogen-bond acceptors (Lipinski definition) is 18. The van der Waals surface area contributed by atoms with Gasteiger partial charge in [-0.05, 0) is 57.8 Å². The largest absolute Gasteiger partial charge is 0.394 e. The van der Waals surface area contributed by atoms with Gasteiger partial charge in [-0.2, -0.15) is 0 Å². The van der Waals surface area contributed by atoms with Crippen molar-refractivity contribution >= 4 is 5.91 Å². The second-order valence-electron chi connectivity index (χ2n) is 23.2. The van der Waals surface area contributed by atoms with Crippen molar-refractivity contribution in [3.05, 3.63) is 48.6 Å². The number of amides is 1. The lowest BCUT2D eigenvalue weighted by Crippen LogP contribution is -2.66. The third kappa shape index (κ3) is 30.0. The van der Waals surface area contributed by atoms with Gasteiger partial charge in [-0.1, -0.05) is 204 Å².